The molecule has 0 saturated carbocycles. The molecular formula is C19H19N5O2S. The molecule has 0 unspecified atom stereocenters. The summed E-state index contributed by atoms with van der Waals surface area (Å²) in [6, 6.07) is 7.61. The Morgan fingerprint density at radius 1 is 1.26 bits per heavy atom. The first-order valence-corrected chi connectivity index (χ1v) is 9.76. The number of imidazole rings is 1. The smallest absolute Gasteiger partial charge is 0.254 e. The van der Waals surface area contributed by atoms with Crippen molar-refractivity contribution in [2.75, 3.05) is 38.2 Å². The first kappa shape index (κ1) is 16.3. The fourth-order valence-electron chi connectivity index (χ4n) is 3.53. The lowest BCUT2D eigenvalue weighted by Crippen LogP contribution is -2.40. The highest BCUT2D eigenvalue weighted by Crippen LogP contribution is 2.35. The van der Waals surface area contributed by atoms with Gasteiger partial charge in [-0.05, 0) is 29.6 Å². The van der Waals surface area contributed by atoms with Gasteiger partial charge >= 0.3 is 0 Å². The molecule has 1 saturated heterocycles. The number of thiophene rings is 1. The standard InChI is InChI=1S/C19H19N5O2S/c20-16-12-3-8-27-18(12)21-10-13(16)17-22-14-2-1-11(9-15(14)23-17)19(25)24-4-6-26-7-5-24/h1-3,8-9,21H,4-7,10,20H2,(H,22,23). The SMILES string of the molecule is NC1=C(c2nc3cc(C(=O)N4CCOCC4)ccc3[nH]2)CNc2sccc21. The Morgan fingerprint density at radius 3 is 2.96 bits per heavy atom. The van der Waals surface area contributed by atoms with E-state index in [2.05, 4.69) is 10.3 Å². The van der Waals surface area contributed by atoms with Crippen molar-refractivity contribution in [3.63, 3.8) is 0 Å². The summed E-state index contributed by atoms with van der Waals surface area (Å²) in [6.45, 7) is 3.05. The van der Waals surface area contributed by atoms with E-state index in [-0.39, 0.29) is 5.91 Å². The highest BCUT2D eigenvalue weighted by Gasteiger charge is 2.22. The number of nitrogens with one attached hydrogen (secondary N) is 2. The van der Waals surface area contributed by atoms with Gasteiger partial charge in [0.05, 0.1) is 34.9 Å². The number of morpholine rings is 1. The van der Waals surface area contributed by atoms with E-state index in [1.165, 1.54) is 0 Å². The molecule has 1 amide bonds. The van der Waals surface area contributed by atoms with Crippen LogP contribution in [0.25, 0.3) is 22.3 Å². The van der Waals surface area contributed by atoms with Gasteiger partial charge in [-0.1, -0.05) is 0 Å². The van der Waals surface area contributed by atoms with Crippen LogP contribution in [0, 0.1) is 0 Å². The van der Waals surface area contributed by atoms with Crippen LogP contribution in [-0.4, -0.2) is 53.6 Å². The van der Waals surface area contributed by atoms with Crippen LogP contribution < -0.4 is 11.1 Å². The van der Waals surface area contributed by atoms with Gasteiger partial charge in [-0.15, -0.1) is 11.3 Å². The number of benzene rings is 1. The van der Waals surface area contributed by atoms with Crippen LogP contribution in [-0.2, 0) is 4.74 Å². The van der Waals surface area contributed by atoms with Gasteiger partial charge in [0.1, 0.15) is 5.82 Å². The van der Waals surface area contributed by atoms with Crippen LogP contribution in [0.2, 0.25) is 0 Å². The molecule has 1 aromatic carbocycles. The van der Waals surface area contributed by atoms with Gasteiger partial charge in [-0.2, -0.15) is 0 Å². The molecule has 27 heavy (non-hydrogen) atoms. The van der Waals surface area contributed by atoms with Crippen LogP contribution in [0.5, 0.6) is 0 Å². The molecule has 2 aromatic heterocycles. The van der Waals surface area contributed by atoms with E-state index in [1.54, 1.807) is 11.3 Å². The maximum absolute atomic E-state index is 12.7. The zero-order valence-electron chi connectivity index (χ0n) is 14.6. The number of ether oxygens (including phenoxy) is 1. The van der Waals surface area contributed by atoms with Gasteiger partial charge in [0.25, 0.3) is 5.91 Å². The minimum absolute atomic E-state index is 0.0192. The van der Waals surface area contributed by atoms with Crippen molar-refractivity contribution in [1.29, 1.82) is 0 Å². The second-order valence-electron chi connectivity index (χ2n) is 6.63. The number of hydrogen-bond donors (Lipinski definition) is 3. The molecule has 4 heterocycles. The lowest BCUT2D eigenvalue weighted by molar-refractivity contribution is 0.0303. The summed E-state index contributed by atoms with van der Waals surface area (Å²) in [5.74, 6) is 0.758. The van der Waals surface area contributed by atoms with Gasteiger partial charge in [0.2, 0.25) is 0 Å². The van der Waals surface area contributed by atoms with Crippen LogP contribution in [0.1, 0.15) is 21.7 Å². The lowest BCUT2D eigenvalue weighted by atomic mass is 10.1. The van der Waals surface area contributed by atoms with E-state index >= 15 is 0 Å². The number of anilines is 1. The van der Waals surface area contributed by atoms with Gasteiger partial charge in [0, 0.05) is 36.3 Å². The molecule has 1 fully saturated rings. The zero-order chi connectivity index (χ0) is 18.4. The molecule has 0 aliphatic carbocycles. The Bertz CT molecular complexity index is 1060. The van der Waals surface area contributed by atoms with E-state index in [0.29, 0.717) is 38.4 Å². The largest absolute Gasteiger partial charge is 0.398 e. The highest BCUT2D eigenvalue weighted by molar-refractivity contribution is 7.14. The minimum Gasteiger partial charge on any atom is -0.398 e. The van der Waals surface area contributed by atoms with Crippen molar-refractivity contribution in [1.82, 2.24) is 14.9 Å². The monoisotopic (exact) mass is 381 g/mol. The Labute approximate surface area is 159 Å². The second-order valence-corrected chi connectivity index (χ2v) is 7.55. The van der Waals surface area contributed by atoms with Crippen molar-refractivity contribution in [2.24, 2.45) is 5.73 Å². The number of nitrogens with two attached hydrogens (primary N) is 1. The molecule has 4 N–H and O–H groups in total. The van der Waals surface area contributed by atoms with Crippen molar-refractivity contribution in [3.05, 3.63) is 46.6 Å². The van der Waals surface area contributed by atoms with Crippen LogP contribution >= 0.6 is 11.3 Å². The predicted octanol–water partition coefficient (Wildman–Crippen LogP) is 2.35. The van der Waals surface area contributed by atoms with E-state index in [0.717, 1.165) is 38.7 Å². The third kappa shape index (κ3) is 2.77. The van der Waals surface area contributed by atoms with E-state index in [9.17, 15) is 4.79 Å². The topological polar surface area (TPSA) is 96.3 Å². The summed E-state index contributed by atoms with van der Waals surface area (Å²) in [5.41, 5.74) is 11.4. The summed E-state index contributed by atoms with van der Waals surface area (Å²) in [6.07, 6.45) is 0. The number of fused-ring (bicyclic) bond motifs is 2. The number of nitrogens with zero attached hydrogens (tertiary/aromatic N) is 2. The van der Waals surface area contributed by atoms with E-state index < -0.39 is 0 Å². The zero-order valence-corrected chi connectivity index (χ0v) is 15.4. The Balaban J connectivity index is 1.50. The number of carbonyl (C=O) groups is 1. The number of H-pyrrole nitrogens is 1. The molecular weight excluding hydrogens is 362 g/mol. The van der Waals surface area contributed by atoms with Crippen molar-refractivity contribution >= 4 is 44.5 Å². The molecule has 3 aromatic rings. The molecule has 0 atom stereocenters. The number of carbonyl (C=O) groups excluding carboxylic acids is 1. The lowest BCUT2D eigenvalue weighted by Gasteiger charge is -2.26. The fraction of sp³-hybridized carbons (Fsp3) is 0.263. The van der Waals surface area contributed by atoms with Crippen LogP contribution in [0.15, 0.2) is 29.6 Å². The molecule has 0 bridgehead atoms. The van der Waals surface area contributed by atoms with Crippen LogP contribution in [0.3, 0.4) is 0 Å². The molecule has 5 rings (SSSR count). The summed E-state index contributed by atoms with van der Waals surface area (Å²) >= 11 is 1.64. The second kappa shape index (κ2) is 6.40. The van der Waals surface area contributed by atoms with Crippen LogP contribution in [0.4, 0.5) is 5.00 Å². The molecule has 2 aliphatic heterocycles. The predicted molar refractivity (Wildman–Crippen MR) is 107 cm³/mol. The van der Waals surface area contributed by atoms with Gasteiger partial charge in [-0.3, -0.25) is 4.79 Å². The Hall–Kier alpha value is -2.84. The molecule has 8 heteroatoms. The van der Waals surface area contributed by atoms with Crippen molar-refractivity contribution < 1.29 is 9.53 Å². The average molecular weight is 381 g/mol. The first-order chi connectivity index (χ1) is 13.2. The fourth-order valence-corrected chi connectivity index (χ4v) is 4.33. The van der Waals surface area contributed by atoms with Gasteiger partial charge in [-0.25, -0.2) is 4.98 Å². The summed E-state index contributed by atoms with van der Waals surface area (Å²) < 4.78 is 5.32. The van der Waals surface area contributed by atoms with E-state index in [4.69, 9.17) is 15.5 Å². The van der Waals surface area contributed by atoms with E-state index in [1.807, 2.05) is 34.5 Å². The summed E-state index contributed by atoms with van der Waals surface area (Å²) in [7, 11) is 0. The third-order valence-electron chi connectivity index (χ3n) is 5.02. The summed E-state index contributed by atoms with van der Waals surface area (Å²) in [5, 5.41) is 6.50. The number of amides is 1. The maximum Gasteiger partial charge on any atom is 0.254 e. The quantitative estimate of drug-likeness (QED) is 0.633. The highest BCUT2D eigenvalue weighted by atomic mass is 32.1. The van der Waals surface area contributed by atoms with Crippen molar-refractivity contribution in [3.8, 4) is 0 Å². The van der Waals surface area contributed by atoms with Crippen molar-refractivity contribution in [2.45, 2.75) is 0 Å². The van der Waals surface area contributed by atoms with Gasteiger partial charge in [0.15, 0.2) is 0 Å². The molecule has 0 spiro atoms. The Kier molecular flexibility index (Phi) is 3.87. The summed E-state index contributed by atoms with van der Waals surface area (Å²) in [4.78, 5) is 22.6. The van der Waals surface area contributed by atoms with Gasteiger partial charge < -0.3 is 25.7 Å². The number of aromatic nitrogens is 2. The number of rotatable bonds is 2. The first-order valence-electron chi connectivity index (χ1n) is 8.88. The maximum atomic E-state index is 12.7. The average Bonchev–Trinajstić information content (AvgIpc) is 3.35. The Morgan fingerprint density at radius 2 is 2.11 bits per heavy atom. The molecule has 0 radical (unpaired) electrons. The number of aromatic amines is 1. The molecule has 138 valence electrons. The minimum atomic E-state index is 0.0192. The number of hydrogen-bond acceptors (Lipinski definition) is 6. The molecule has 7 nitrogen and oxygen atoms in total. The third-order valence-corrected chi connectivity index (χ3v) is 5.89. The normalized spacial score (nSPS) is 17.1. The molecule has 2 aliphatic rings.